The summed E-state index contributed by atoms with van der Waals surface area (Å²) in [6.07, 6.45) is 3.26. The number of aromatic nitrogens is 5. The standard InChI is InChI=1S/C13H10FN5S/c14-10-4-3-5-12(17-10)19-9-16-11(18-19)8-20-13-6-1-2-7-15-13/h1-7,9H,8H2. The number of pyridine rings is 2. The van der Waals surface area contributed by atoms with E-state index in [1.54, 1.807) is 30.1 Å². The van der Waals surface area contributed by atoms with Crippen molar-refractivity contribution in [3.05, 3.63) is 60.7 Å². The van der Waals surface area contributed by atoms with Gasteiger partial charge in [-0.15, -0.1) is 5.10 Å². The quantitative estimate of drug-likeness (QED) is 0.545. The first-order valence-corrected chi connectivity index (χ1v) is 6.87. The summed E-state index contributed by atoms with van der Waals surface area (Å²) in [5.41, 5.74) is 0. The summed E-state index contributed by atoms with van der Waals surface area (Å²) in [6, 6.07) is 10.3. The molecule has 0 unspecified atom stereocenters. The Hall–Kier alpha value is -2.28. The zero-order valence-electron chi connectivity index (χ0n) is 10.3. The molecule has 0 atom stereocenters. The van der Waals surface area contributed by atoms with Crippen molar-refractivity contribution in [3.8, 4) is 5.82 Å². The number of nitrogens with zero attached hydrogens (tertiary/aromatic N) is 5. The lowest BCUT2D eigenvalue weighted by Gasteiger charge is -1.98. The monoisotopic (exact) mass is 287 g/mol. The second kappa shape index (κ2) is 5.79. The van der Waals surface area contributed by atoms with E-state index in [9.17, 15) is 4.39 Å². The van der Waals surface area contributed by atoms with E-state index in [0.717, 1.165) is 5.03 Å². The molecule has 3 heterocycles. The topological polar surface area (TPSA) is 56.5 Å². The maximum atomic E-state index is 13.0. The first kappa shape index (κ1) is 12.7. The van der Waals surface area contributed by atoms with Crippen LogP contribution in [0.3, 0.4) is 0 Å². The smallest absolute Gasteiger partial charge is 0.214 e. The molecular formula is C13H10FN5S. The predicted octanol–water partition coefficient (Wildman–Crippen LogP) is 2.49. The minimum absolute atomic E-state index is 0.409. The molecule has 0 spiro atoms. The fourth-order valence-electron chi connectivity index (χ4n) is 1.57. The van der Waals surface area contributed by atoms with Gasteiger partial charge in [-0.2, -0.15) is 4.39 Å². The Morgan fingerprint density at radius 1 is 1.10 bits per heavy atom. The summed E-state index contributed by atoms with van der Waals surface area (Å²) in [5.74, 6) is 1.11. The van der Waals surface area contributed by atoms with E-state index in [2.05, 4.69) is 20.1 Å². The Balaban J connectivity index is 1.71. The number of hydrogen-bond acceptors (Lipinski definition) is 5. The maximum absolute atomic E-state index is 13.0. The Bertz CT molecular complexity index is 701. The van der Waals surface area contributed by atoms with E-state index in [1.165, 1.54) is 17.1 Å². The van der Waals surface area contributed by atoms with Crippen molar-refractivity contribution in [2.45, 2.75) is 10.8 Å². The maximum Gasteiger partial charge on any atom is 0.214 e. The number of thioether (sulfide) groups is 1. The third-order valence-corrected chi connectivity index (χ3v) is 3.40. The normalized spacial score (nSPS) is 10.7. The summed E-state index contributed by atoms with van der Waals surface area (Å²) in [6.45, 7) is 0. The molecule has 20 heavy (non-hydrogen) atoms. The van der Waals surface area contributed by atoms with Crippen LogP contribution in [0.5, 0.6) is 0 Å². The van der Waals surface area contributed by atoms with Gasteiger partial charge in [0, 0.05) is 6.20 Å². The van der Waals surface area contributed by atoms with Crippen LogP contribution in [0, 0.1) is 5.95 Å². The van der Waals surface area contributed by atoms with Crippen molar-refractivity contribution < 1.29 is 4.39 Å². The van der Waals surface area contributed by atoms with E-state index in [0.29, 0.717) is 17.4 Å². The molecule has 0 saturated heterocycles. The highest BCUT2D eigenvalue weighted by molar-refractivity contribution is 7.98. The molecule has 3 rings (SSSR count). The summed E-state index contributed by atoms with van der Waals surface area (Å²) in [4.78, 5) is 12.1. The first-order chi connectivity index (χ1) is 9.81. The Kier molecular flexibility index (Phi) is 3.69. The Morgan fingerprint density at radius 3 is 2.85 bits per heavy atom. The van der Waals surface area contributed by atoms with Crippen molar-refractivity contribution in [2.75, 3.05) is 0 Å². The second-order valence-electron chi connectivity index (χ2n) is 3.88. The van der Waals surface area contributed by atoms with Crippen molar-refractivity contribution in [1.29, 1.82) is 0 Å². The van der Waals surface area contributed by atoms with Crippen LogP contribution in [-0.4, -0.2) is 24.7 Å². The van der Waals surface area contributed by atoms with Crippen LogP contribution in [-0.2, 0) is 5.75 Å². The highest BCUT2D eigenvalue weighted by Crippen LogP contribution is 2.18. The van der Waals surface area contributed by atoms with Crippen LogP contribution in [0.15, 0.2) is 53.9 Å². The SMILES string of the molecule is Fc1cccc(-n2cnc(CSc3ccccn3)n2)n1. The van der Waals surface area contributed by atoms with Gasteiger partial charge in [-0.25, -0.2) is 19.6 Å². The Labute approximate surface area is 118 Å². The molecule has 3 aromatic rings. The third-order valence-electron chi connectivity index (χ3n) is 2.46. The van der Waals surface area contributed by atoms with Crippen LogP contribution in [0.4, 0.5) is 4.39 Å². The molecule has 7 heteroatoms. The molecular weight excluding hydrogens is 277 g/mol. The van der Waals surface area contributed by atoms with Gasteiger partial charge < -0.3 is 0 Å². The van der Waals surface area contributed by atoms with Crippen LogP contribution in [0.1, 0.15) is 5.82 Å². The van der Waals surface area contributed by atoms with Crippen molar-refractivity contribution in [3.63, 3.8) is 0 Å². The molecule has 5 nitrogen and oxygen atoms in total. The van der Waals surface area contributed by atoms with E-state index < -0.39 is 5.95 Å². The van der Waals surface area contributed by atoms with Crippen LogP contribution < -0.4 is 0 Å². The van der Waals surface area contributed by atoms with E-state index in [1.807, 2.05) is 18.2 Å². The van der Waals surface area contributed by atoms with E-state index >= 15 is 0 Å². The summed E-state index contributed by atoms with van der Waals surface area (Å²) >= 11 is 1.54. The van der Waals surface area contributed by atoms with Crippen molar-refractivity contribution in [1.82, 2.24) is 24.7 Å². The third kappa shape index (κ3) is 3.00. The average molecular weight is 287 g/mol. The lowest BCUT2D eigenvalue weighted by molar-refractivity contribution is 0.577. The molecule has 0 bridgehead atoms. The van der Waals surface area contributed by atoms with Gasteiger partial charge in [0.05, 0.1) is 10.8 Å². The predicted molar refractivity (Wildman–Crippen MR) is 72.9 cm³/mol. The minimum atomic E-state index is -0.539. The van der Waals surface area contributed by atoms with Gasteiger partial charge in [0.25, 0.3) is 0 Å². The summed E-state index contributed by atoms with van der Waals surface area (Å²) < 4.78 is 14.5. The molecule has 0 amide bonds. The molecule has 0 aromatic carbocycles. The average Bonchev–Trinajstić information content (AvgIpc) is 2.95. The van der Waals surface area contributed by atoms with Gasteiger partial charge >= 0.3 is 0 Å². The molecule has 0 aliphatic rings. The first-order valence-electron chi connectivity index (χ1n) is 5.88. The Morgan fingerprint density at radius 2 is 2.05 bits per heavy atom. The number of hydrogen-bond donors (Lipinski definition) is 0. The number of rotatable bonds is 4. The van der Waals surface area contributed by atoms with Gasteiger partial charge in [-0.3, -0.25) is 0 Å². The lowest BCUT2D eigenvalue weighted by atomic mass is 10.4. The second-order valence-corrected chi connectivity index (χ2v) is 4.88. The molecule has 0 radical (unpaired) electrons. The zero-order chi connectivity index (χ0) is 13.8. The fraction of sp³-hybridized carbons (Fsp3) is 0.0769. The molecule has 100 valence electrons. The van der Waals surface area contributed by atoms with E-state index in [4.69, 9.17) is 0 Å². The van der Waals surface area contributed by atoms with Gasteiger partial charge in [-0.05, 0) is 24.3 Å². The van der Waals surface area contributed by atoms with Gasteiger partial charge in [0.2, 0.25) is 5.95 Å². The van der Waals surface area contributed by atoms with Crippen LogP contribution >= 0.6 is 11.8 Å². The number of halogens is 1. The van der Waals surface area contributed by atoms with E-state index in [-0.39, 0.29) is 0 Å². The molecule has 0 fully saturated rings. The summed E-state index contributed by atoms with van der Waals surface area (Å²) in [5, 5.41) is 5.17. The molecule has 3 aromatic heterocycles. The fourth-order valence-corrected chi connectivity index (χ4v) is 2.29. The zero-order valence-corrected chi connectivity index (χ0v) is 11.2. The highest BCUT2D eigenvalue weighted by atomic mass is 32.2. The lowest BCUT2D eigenvalue weighted by Crippen LogP contribution is -2.00. The molecule has 0 saturated carbocycles. The van der Waals surface area contributed by atoms with Gasteiger partial charge in [0.15, 0.2) is 11.6 Å². The van der Waals surface area contributed by atoms with Gasteiger partial charge in [-0.1, -0.05) is 23.9 Å². The minimum Gasteiger partial charge on any atom is -0.250 e. The molecule has 0 aliphatic heterocycles. The van der Waals surface area contributed by atoms with Crippen LogP contribution in [0.2, 0.25) is 0 Å². The van der Waals surface area contributed by atoms with Crippen molar-refractivity contribution >= 4 is 11.8 Å². The van der Waals surface area contributed by atoms with Crippen LogP contribution in [0.25, 0.3) is 5.82 Å². The summed E-state index contributed by atoms with van der Waals surface area (Å²) in [7, 11) is 0. The highest BCUT2D eigenvalue weighted by Gasteiger charge is 2.05. The largest absolute Gasteiger partial charge is 0.250 e. The van der Waals surface area contributed by atoms with Crippen molar-refractivity contribution in [2.24, 2.45) is 0 Å². The molecule has 0 N–H and O–H groups in total. The van der Waals surface area contributed by atoms with Gasteiger partial charge in [0.1, 0.15) is 6.33 Å². The molecule has 0 aliphatic carbocycles.